The highest BCUT2D eigenvalue weighted by Crippen LogP contribution is 2.46. The summed E-state index contributed by atoms with van der Waals surface area (Å²) in [6.45, 7) is 7.70. The molecule has 292 valence electrons. The summed E-state index contributed by atoms with van der Waals surface area (Å²) < 4.78 is 5.28. The Kier molecular flexibility index (Phi) is 9.43. The van der Waals surface area contributed by atoms with E-state index >= 15 is 0 Å². The summed E-state index contributed by atoms with van der Waals surface area (Å²) in [5.41, 5.74) is 8.72. The Balaban J connectivity index is 0.778. The molecule has 3 aliphatic rings. The van der Waals surface area contributed by atoms with Gasteiger partial charge in [-0.1, -0.05) is 42.4 Å². The number of carbonyl (C=O) groups is 3. The van der Waals surface area contributed by atoms with Gasteiger partial charge in [0.05, 0.1) is 17.1 Å². The van der Waals surface area contributed by atoms with E-state index in [9.17, 15) is 14.4 Å². The molecule has 6 aromatic rings. The second kappa shape index (κ2) is 14.7. The van der Waals surface area contributed by atoms with Crippen LogP contribution in [0.5, 0.6) is 0 Å². The van der Waals surface area contributed by atoms with Crippen LogP contribution in [0.3, 0.4) is 0 Å². The summed E-state index contributed by atoms with van der Waals surface area (Å²) in [7, 11) is 0. The predicted molar refractivity (Wildman–Crippen MR) is 217 cm³/mol. The fourth-order valence-corrected chi connectivity index (χ4v) is 8.10. The Bertz CT molecular complexity index is 2500. The number of amides is 3. The molecule has 1 saturated heterocycles. The maximum atomic E-state index is 12.9. The van der Waals surface area contributed by atoms with Gasteiger partial charge in [0.15, 0.2) is 5.82 Å². The quantitative estimate of drug-likeness (QED) is 0.0582. The molecule has 6 N–H and O–H groups in total. The molecular weight excluding hydrogens is 721 g/mol. The molecule has 14 heteroatoms. The molecule has 0 bridgehead atoms. The molecule has 1 aliphatic heterocycles. The number of hydrogen-bond donors (Lipinski definition) is 6. The summed E-state index contributed by atoms with van der Waals surface area (Å²) in [6, 6.07) is 20.7. The van der Waals surface area contributed by atoms with Gasteiger partial charge < -0.3 is 30.8 Å². The lowest BCUT2D eigenvalue weighted by molar-refractivity contribution is -0.133. The second-order valence-corrected chi connectivity index (χ2v) is 16.1. The monoisotopic (exact) mass is 766 g/mol. The van der Waals surface area contributed by atoms with Gasteiger partial charge in [0.1, 0.15) is 18.0 Å². The third kappa shape index (κ3) is 7.44. The molecule has 0 spiro atoms. The van der Waals surface area contributed by atoms with Gasteiger partial charge in [-0.15, -0.1) is 0 Å². The number of H-pyrrole nitrogens is 1. The molecule has 3 fully saturated rings. The van der Waals surface area contributed by atoms with Crippen molar-refractivity contribution in [2.45, 2.75) is 88.8 Å². The second-order valence-electron chi connectivity index (χ2n) is 16.1. The number of anilines is 2. The molecule has 3 aromatic heterocycles. The molecule has 0 radical (unpaired) electrons. The summed E-state index contributed by atoms with van der Waals surface area (Å²) in [4.78, 5) is 53.6. The van der Waals surface area contributed by atoms with Crippen LogP contribution < -0.4 is 26.6 Å². The summed E-state index contributed by atoms with van der Waals surface area (Å²) in [6.07, 6.45) is 6.64. The van der Waals surface area contributed by atoms with Gasteiger partial charge in [-0.3, -0.25) is 19.7 Å². The minimum atomic E-state index is -0.383. The lowest BCUT2D eigenvalue weighted by Crippen LogP contribution is -2.47. The number of nitrogens with zero attached hydrogens (tertiary/aromatic N) is 4. The topological polar surface area (TPSA) is 192 Å². The fourth-order valence-electron chi connectivity index (χ4n) is 8.10. The standard InChI is InChI=1S/C43H46N10O4/c1-23-18-26(6-10-31(23)24(2)48-40(56)41-52-42(53-57-41)43(3)14-15-43)37-36-32-11-9-29(21-34(32)50-38(36)47-22-46-37)44-16-17-45-30-19-27(20-30)25-4-7-28(8-5-25)49-33-12-13-35(54)51-39(33)55/h4-11,18,21-22,24,27,30,33,44-45,49H,12-17,19-20H2,1-3H3,(H,48,56)(H,46,47,50)(H,51,54,55)/t24-,27-,30-,33?/m1/s1. The van der Waals surface area contributed by atoms with E-state index in [-0.39, 0.29) is 41.1 Å². The zero-order valence-corrected chi connectivity index (χ0v) is 32.2. The number of benzene rings is 3. The molecule has 4 heterocycles. The van der Waals surface area contributed by atoms with E-state index in [0.29, 0.717) is 30.6 Å². The van der Waals surface area contributed by atoms with Gasteiger partial charge in [-0.25, -0.2) is 9.97 Å². The predicted octanol–water partition coefficient (Wildman–Crippen LogP) is 6.18. The van der Waals surface area contributed by atoms with Crippen molar-refractivity contribution in [3.05, 3.63) is 95.4 Å². The number of nitrogens with one attached hydrogen (secondary N) is 6. The molecule has 57 heavy (non-hydrogen) atoms. The SMILES string of the molecule is Cc1cc(-c2ncnc3[nH]c4cc(NCCN[C@H]5C[C@H](c6ccc(NC7CCC(=O)NC7=O)cc6)C5)ccc4c23)ccc1[C@@H](C)NC(=O)c1nc(C2(C)CC2)no1. The van der Waals surface area contributed by atoms with Crippen LogP contribution in [-0.2, 0) is 15.0 Å². The van der Waals surface area contributed by atoms with E-state index in [1.807, 2.05) is 38.1 Å². The fraction of sp³-hybridized carbons (Fsp3) is 0.372. The number of hydrogen-bond acceptors (Lipinski definition) is 11. The van der Waals surface area contributed by atoms with Gasteiger partial charge >= 0.3 is 11.8 Å². The largest absolute Gasteiger partial charge is 0.384 e. The smallest absolute Gasteiger partial charge is 0.315 e. The van der Waals surface area contributed by atoms with Crippen molar-refractivity contribution in [1.82, 2.24) is 41.0 Å². The van der Waals surface area contributed by atoms with E-state index in [4.69, 9.17) is 9.51 Å². The molecule has 14 nitrogen and oxygen atoms in total. The van der Waals surface area contributed by atoms with Gasteiger partial charge in [0, 0.05) is 58.8 Å². The highest BCUT2D eigenvalue weighted by Gasteiger charge is 2.44. The number of aromatic amines is 1. The van der Waals surface area contributed by atoms with Gasteiger partial charge in [0.2, 0.25) is 11.8 Å². The molecule has 1 unspecified atom stereocenters. The van der Waals surface area contributed by atoms with E-state index in [2.05, 4.69) is 90.0 Å². The minimum absolute atomic E-state index is 0.0101. The first-order valence-electron chi connectivity index (χ1n) is 19.8. The van der Waals surface area contributed by atoms with Crippen LogP contribution in [0.4, 0.5) is 11.4 Å². The first-order chi connectivity index (χ1) is 27.6. The average Bonchev–Trinajstić information content (AvgIpc) is 3.55. The van der Waals surface area contributed by atoms with E-state index in [1.54, 1.807) is 6.33 Å². The lowest BCUT2D eigenvalue weighted by Gasteiger charge is -2.36. The van der Waals surface area contributed by atoms with Crippen molar-refractivity contribution in [3.63, 3.8) is 0 Å². The maximum absolute atomic E-state index is 12.9. The number of fused-ring (bicyclic) bond motifs is 3. The lowest BCUT2D eigenvalue weighted by atomic mass is 9.76. The maximum Gasteiger partial charge on any atom is 0.315 e. The van der Waals surface area contributed by atoms with Crippen LogP contribution in [-0.4, -0.2) is 68.0 Å². The molecule has 3 aromatic carbocycles. The molecular formula is C43H46N10O4. The van der Waals surface area contributed by atoms with Crippen molar-refractivity contribution >= 4 is 51.0 Å². The highest BCUT2D eigenvalue weighted by atomic mass is 16.5. The van der Waals surface area contributed by atoms with Crippen molar-refractivity contribution < 1.29 is 18.9 Å². The minimum Gasteiger partial charge on any atom is -0.384 e. The van der Waals surface area contributed by atoms with Crippen LogP contribution in [0.25, 0.3) is 33.2 Å². The molecule has 2 aliphatic carbocycles. The van der Waals surface area contributed by atoms with Crippen LogP contribution in [0, 0.1) is 6.92 Å². The van der Waals surface area contributed by atoms with E-state index in [1.165, 1.54) is 5.56 Å². The van der Waals surface area contributed by atoms with Crippen molar-refractivity contribution in [3.8, 4) is 11.3 Å². The molecule has 2 saturated carbocycles. The third-order valence-electron chi connectivity index (χ3n) is 11.9. The first-order valence-corrected chi connectivity index (χ1v) is 19.8. The molecule has 2 atom stereocenters. The zero-order valence-electron chi connectivity index (χ0n) is 32.2. The Morgan fingerprint density at radius 3 is 2.58 bits per heavy atom. The summed E-state index contributed by atoms with van der Waals surface area (Å²) >= 11 is 0. The number of aryl methyl sites for hydroxylation is 1. The molecule has 3 amide bonds. The summed E-state index contributed by atoms with van der Waals surface area (Å²) in [5, 5.41) is 21.9. The Morgan fingerprint density at radius 2 is 1.81 bits per heavy atom. The highest BCUT2D eigenvalue weighted by molar-refractivity contribution is 6.12. The average molecular weight is 767 g/mol. The van der Waals surface area contributed by atoms with Crippen LogP contribution in [0.2, 0.25) is 0 Å². The van der Waals surface area contributed by atoms with Crippen LogP contribution in [0.15, 0.2) is 71.5 Å². The number of rotatable bonds is 13. The van der Waals surface area contributed by atoms with Gasteiger partial charge in [-0.2, -0.15) is 4.98 Å². The van der Waals surface area contributed by atoms with Gasteiger partial charge in [0.25, 0.3) is 0 Å². The zero-order chi connectivity index (χ0) is 39.3. The van der Waals surface area contributed by atoms with Crippen molar-refractivity contribution in [1.29, 1.82) is 0 Å². The Hall–Kier alpha value is -6.15. The Labute approximate surface area is 329 Å². The van der Waals surface area contributed by atoms with Crippen molar-refractivity contribution in [2.75, 3.05) is 23.7 Å². The normalized spacial score (nSPS) is 20.5. The van der Waals surface area contributed by atoms with Crippen LogP contribution >= 0.6 is 0 Å². The number of aromatic nitrogens is 5. The third-order valence-corrected chi connectivity index (χ3v) is 11.9. The van der Waals surface area contributed by atoms with Crippen molar-refractivity contribution in [2.24, 2.45) is 0 Å². The van der Waals surface area contributed by atoms with E-state index in [0.717, 1.165) is 94.5 Å². The number of imide groups is 1. The first kappa shape index (κ1) is 36.5. The van der Waals surface area contributed by atoms with E-state index < -0.39 is 0 Å². The molecule has 9 rings (SSSR count). The number of carbonyl (C=O) groups excluding carboxylic acids is 3. The van der Waals surface area contributed by atoms with Crippen LogP contribution in [0.1, 0.15) is 97.5 Å². The number of piperidine rings is 1. The Morgan fingerprint density at radius 1 is 1.00 bits per heavy atom. The summed E-state index contributed by atoms with van der Waals surface area (Å²) in [5.74, 6) is 0.254. The van der Waals surface area contributed by atoms with Gasteiger partial charge in [-0.05, 0) is 98.9 Å².